The van der Waals surface area contributed by atoms with E-state index in [2.05, 4.69) is 34.0 Å². The molecule has 4 heterocycles. The van der Waals surface area contributed by atoms with Gasteiger partial charge in [-0.15, -0.1) is 0 Å². The summed E-state index contributed by atoms with van der Waals surface area (Å²) in [6, 6.07) is 9.43. The number of pyridine rings is 2. The number of nitrogens with one attached hydrogen (secondary N) is 1. The normalized spacial score (nSPS) is 23.2. The Bertz CT molecular complexity index is 1860. The number of halogens is 2. The number of aromatic nitrogens is 2. The number of unbranched alkanes of at least 4 members (excludes halogenated alkanes) is 8. The number of hydrogen-bond acceptors (Lipinski definition) is 5. The minimum atomic E-state index is -0.984. The highest BCUT2D eigenvalue weighted by Gasteiger charge is 2.57. The molecule has 1 saturated heterocycles. The van der Waals surface area contributed by atoms with E-state index in [9.17, 15) is 18.4 Å². The van der Waals surface area contributed by atoms with E-state index in [0.29, 0.717) is 36.3 Å². The predicted octanol–water partition coefficient (Wildman–Crippen LogP) is 8.00. The number of hydrogen-bond donors (Lipinski definition) is 1. The van der Waals surface area contributed by atoms with E-state index in [4.69, 9.17) is 4.98 Å². The standard InChI is InChI=1S/C43H51F2N5O2/c1-3-4-5-6-7-8-9-10-13-21-49-30-41(2,33-24-34(44)26-35(45)25-33)50(40(52)43(49)18-11-12-19-43)22-15-16-31-23-32-27-42(28-37(32)47-29-31)36-17-14-20-46-38(36)48-39(42)51/h14,17,20,23-26,29H,3-13,18-19,21-22,27-28,30H2,1-2H3,(H,46,48,51)/t41-,42-/m0/s1. The van der Waals surface area contributed by atoms with Crippen molar-refractivity contribution < 1.29 is 18.4 Å². The topological polar surface area (TPSA) is 78.4 Å². The number of benzene rings is 1. The maximum atomic E-state index is 14.8. The summed E-state index contributed by atoms with van der Waals surface area (Å²) < 4.78 is 29.5. The van der Waals surface area contributed by atoms with Crippen LogP contribution >= 0.6 is 0 Å². The van der Waals surface area contributed by atoms with Gasteiger partial charge in [0, 0.05) is 48.2 Å². The van der Waals surface area contributed by atoms with E-state index in [-0.39, 0.29) is 18.4 Å². The molecule has 0 radical (unpaired) electrons. The molecular formula is C43H51F2N5O2. The van der Waals surface area contributed by atoms with Crippen molar-refractivity contribution in [3.63, 3.8) is 0 Å². The smallest absolute Gasteiger partial charge is 0.244 e. The van der Waals surface area contributed by atoms with E-state index < -0.39 is 28.1 Å². The molecule has 52 heavy (non-hydrogen) atoms. The van der Waals surface area contributed by atoms with Crippen molar-refractivity contribution in [2.45, 2.75) is 127 Å². The van der Waals surface area contributed by atoms with Gasteiger partial charge in [0.25, 0.3) is 0 Å². The monoisotopic (exact) mass is 707 g/mol. The maximum absolute atomic E-state index is 14.8. The Morgan fingerprint density at radius 3 is 2.35 bits per heavy atom. The fourth-order valence-electron chi connectivity index (χ4n) is 9.38. The zero-order valence-electron chi connectivity index (χ0n) is 30.7. The molecule has 274 valence electrons. The molecule has 2 aromatic heterocycles. The minimum Gasteiger partial charge on any atom is -0.319 e. The first-order valence-electron chi connectivity index (χ1n) is 19.5. The van der Waals surface area contributed by atoms with Crippen molar-refractivity contribution in [2.24, 2.45) is 0 Å². The highest BCUT2D eigenvalue weighted by atomic mass is 19.1. The summed E-state index contributed by atoms with van der Waals surface area (Å²) in [6.07, 6.45) is 18.9. The molecule has 1 N–H and O–H groups in total. The first-order valence-corrected chi connectivity index (χ1v) is 19.5. The lowest BCUT2D eigenvalue weighted by atomic mass is 9.79. The molecule has 2 spiro atoms. The molecule has 2 amide bonds. The molecule has 9 heteroatoms. The summed E-state index contributed by atoms with van der Waals surface area (Å²) in [6.45, 7) is 5.56. The Labute approximate surface area is 307 Å². The largest absolute Gasteiger partial charge is 0.319 e. The number of piperazine rings is 1. The molecule has 2 atom stereocenters. The van der Waals surface area contributed by atoms with Crippen LogP contribution in [0, 0.1) is 23.5 Å². The van der Waals surface area contributed by atoms with Crippen LogP contribution in [-0.2, 0) is 33.4 Å². The van der Waals surface area contributed by atoms with E-state index >= 15 is 0 Å². The number of fused-ring (bicyclic) bond motifs is 3. The number of nitrogens with zero attached hydrogens (tertiary/aromatic N) is 4. The third-order valence-electron chi connectivity index (χ3n) is 12.3. The first-order chi connectivity index (χ1) is 25.2. The number of rotatable bonds is 12. The van der Waals surface area contributed by atoms with E-state index in [1.165, 1.54) is 57.1 Å². The molecular weight excluding hydrogens is 657 g/mol. The Balaban J connectivity index is 1.11. The molecule has 2 aliphatic heterocycles. The average Bonchev–Trinajstić information content (AvgIpc) is 3.84. The van der Waals surface area contributed by atoms with E-state index in [1.807, 2.05) is 25.1 Å². The van der Waals surface area contributed by atoms with Crippen molar-refractivity contribution in [2.75, 3.05) is 25.0 Å². The molecule has 7 nitrogen and oxygen atoms in total. The molecule has 1 aromatic carbocycles. The maximum Gasteiger partial charge on any atom is 0.244 e. The van der Waals surface area contributed by atoms with Crippen LogP contribution in [0.3, 0.4) is 0 Å². The number of carbonyl (C=O) groups excluding carboxylic acids is 2. The van der Waals surface area contributed by atoms with Gasteiger partial charge in [-0.3, -0.25) is 19.5 Å². The van der Waals surface area contributed by atoms with Crippen LogP contribution in [0.2, 0.25) is 0 Å². The Kier molecular flexibility index (Phi) is 10.5. The van der Waals surface area contributed by atoms with Crippen LogP contribution in [0.4, 0.5) is 14.6 Å². The van der Waals surface area contributed by atoms with Gasteiger partial charge in [0.2, 0.25) is 11.8 Å². The molecule has 3 aromatic rings. The summed E-state index contributed by atoms with van der Waals surface area (Å²) in [5.41, 5.74) is 1.57. The van der Waals surface area contributed by atoms with E-state index in [0.717, 1.165) is 68.0 Å². The Hall–Kier alpha value is -4.16. The molecule has 4 aliphatic rings. The zero-order valence-corrected chi connectivity index (χ0v) is 30.7. The lowest BCUT2D eigenvalue weighted by Gasteiger charge is -2.56. The van der Waals surface area contributed by atoms with Crippen LogP contribution in [0.5, 0.6) is 0 Å². The van der Waals surface area contributed by atoms with Crippen LogP contribution in [0.15, 0.2) is 48.8 Å². The van der Waals surface area contributed by atoms with Gasteiger partial charge in [-0.2, -0.15) is 0 Å². The average molecular weight is 708 g/mol. The van der Waals surface area contributed by atoms with Crippen molar-refractivity contribution in [1.29, 1.82) is 0 Å². The molecule has 0 bridgehead atoms. The predicted molar refractivity (Wildman–Crippen MR) is 198 cm³/mol. The fourth-order valence-corrected chi connectivity index (χ4v) is 9.38. The van der Waals surface area contributed by atoms with Gasteiger partial charge in [-0.25, -0.2) is 13.8 Å². The highest BCUT2D eigenvalue weighted by Crippen LogP contribution is 2.47. The van der Waals surface area contributed by atoms with Crippen LogP contribution in [0.25, 0.3) is 0 Å². The van der Waals surface area contributed by atoms with Gasteiger partial charge in [0.05, 0.1) is 17.5 Å². The highest BCUT2D eigenvalue weighted by molar-refractivity contribution is 6.06. The van der Waals surface area contributed by atoms with Crippen LogP contribution in [0.1, 0.15) is 125 Å². The molecule has 2 aliphatic carbocycles. The molecule has 7 rings (SSSR count). The number of amides is 2. The summed E-state index contributed by atoms with van der Waals surface area (Å²) in [5.74, 6) is 5.74. The quantitative estimate of drug-likeness (QED) is 0.153. The van der Waals surface area contributed by atoms with Gasteiger partial charge in [-0.1, -0.05) is 89.0 Å². The van der Waals surface area contributed by atoms with Gasteiger partial charge < -0.3 is 10.2 Å². The van der Waals surface area contributed by atoms with E-state index in [1.54, 1.807) is 17.3 Å². The zero-order chi connectivity index (χ0) is 36.3. The summed E-state index contributed by atoms with van der Waals surface area (Å²) in [7, 11) is 0. The SMILES string of the molecule is CCCCCCCCCCCN1C[C@@](C)(c2cc(F)cc(F)c2)N(CC#Cc2cnc3c(c2)C[C@@]2(C3)C(=O)Nc3ncccc32)C(=O)C12CCCC2. The van der Waals surface area contributed by atoms with Crippen molar-refractivity contribution in [3.05, 3.63) is 88.4 Å². The second kappa shape index (κ2) is 15.1. The second-order valence-corrected chi connectivity index (χ2v) is 15.7. The van der Waals surface area contributed by atoms with Gasteiger partial charge in [0.1, 0.15) is 23.0 Å². The first kappa shape index (κ1) is 36.2. The van der Waals surface area contributed by atoms with Crippen molar-refractivity contribution in [3.8, 4) is 11.8 Å². The molecule has 0 unspecified atom stereocenters. The third-order valence-corrected chi connectivity index (χ3v) is 12.3. The fraction of sp³-hybridized carbons (Fsp3) is 0.535. The van der Waals surface area contributed by atoms with Crippen molar-refractivity contribution in [1.82, 2.24) is 19.8 Å². The number of anilines is 1. The summed E-state index contributed by atoms with van der Waals surface area (Å²) in [4.78, 5) is 41.2. The molecule has 2 fully saturated rings. The minimum absolute atomic E-state index is 0.00202. The van der Waals surface area contributed by atoms with Gasteiger partial charge in [-0.05, 0) is 74.5 Å². The van der Waals surface area contributed by atoms with Crippen molar-refractivity contribution >= 4 is 17.6 Å². The van der Waals surface area contributed by atoms with Gasteiger partial charge >= 0.3 is 0 Å². The lowest BCUT2D eigenvalue weighted by Crippen LogP contribution is -2.71. The lowest BCUT2D eigenvalue weighted by molar-refractivity contribution is -0.164. The third kappa shape index (κ3) is 6.75. The van der Waals surface area contributed by atoms with Gasteiger partial charge in [0.15, 0.2) is 0 Å². The molecule has 1 saturated carbocycles. The number of carbonyl (C=O) groups is 2. The Morgan fingerprint density at radius 2 is 1.62 bits per heavy atom. The second-order valence-electron chi connectivity index (χ2n) is 15.7. The van der Waals surface area contributed by atoms with Crippen LogP contribution < -0.4 is 5.32 Å². The summed E-state index contributed by atoms with van der Waals surface area (Å²) in [5, 5.41) is 2.94. The summed E-state index contributed by atoms with van der Waals surface area (Å²) >= 11 is 0. The Morgan fingerprint density at radius 1 is 0.904 bits per heavy atom. The van der Waals surface area contributed by atoms with Crippen LogP contribution in [-0.4, -0.2) is 56.8 Å².